The van der Waals surface area contributed by atoms with E-state index in [0.717, 1.165) is 37.8 Å². The molecule has 4 rings (SSSR count). The van der Waals surface area contributed by atoms with Crippen molar-refractivity contribution in [3.63, 3.8) is 0 Å². The van der Waals surface area contributed by atoms with Gasteiger partial charge in [-0.25, -0.2) is 0 Å². The van der Waals surface area contributed by atoms with Crippen molar-refractivity contribution in [3.05, 3.63) is 58.2 Å². The SMILES string of the molecule is C=C(/C=C1\C=C2CCC3=CCC(C(=O)OCC)(C(=O)OCC)CC3=C2CC1)CN1CCCCC1. The number of likely N-dealkylation sites (tertiary alicyclic amines) is 1. The summed E-state index contributed by atoms with van der Waals surface area (Å²) in [5.74, 6) is -0.920. The highest BCUT2D eigenvalue weighted by Gasteiger charge is 2.51. The third kappa shape index (κ3) is 5.14. The maximum Gasteiger partial charge on any atom is 0.324 e. The summed E-state index contributed by atoms with van der Waals surface area (Å²) >= 11 is 0. The molecule has 1 heterocycles. The number of esters is 2. The third-order valence-corrected chi connectivity index (χ3v) is 7.60. The van der Waals surface area contributed by atoms with Gasteiger partial charge in [-0.1, -0.05) is 31.2 Å². The first kappa shape index (κ1) is 24.7. The van der Waals surface area contributed by atoms with Crippen molar-refractivity contribution >= 4 is 11.9 Å². The van der Waals surface area contributed by atoms with Gasteiger partial charge in [0, 0.05) is 13.0 Å². The third-order valence-electron chi connectivity index (χ3n) is 7.60. The lowest BCUT2D eigenvalue weighted by atomic mass is 9.66. The molecule has 4 aliphatic rings. The van der Waals surface area contributed by atoms with Crippen LogP contribution in [-0.2, 0) is 19.1 Å². The Labute approximate surface area is 204 Å². The summed E-state index contributed by atoms with van der Waals surface area (Å²) in [6, 6.07) is 0. The second-order valence-electron chi connectivity index (χ2n) is 9.97. The van der Waals surface area contributed by atoms with E-state index >= 15 is 0 Å². The fourth-order valence-electron chi connectivity index (χ4n) is 5.87. The fraction of sp³-hybridized carbons (Fsp3) is 0.586. The van der Waals surface area contributed by atoms with Gasteiger partial charge >= 0.3 is 11.9 Å². The summed E-state index contributed by atoms with van der Waals surface area (Å²) in [5, 5.41) is 0. The zero-order chi connectivity index (χ0) is 24.1. The highest BCUT2D eigenvalue weighted by atomic mass is 16.6. The van der Waals surface area contributed by atoms with Crippen molar-refractivity contribution in [2.24, 2.45) is 5.41 Å². The Morgan fingerprint density at radius 3 is 2.32 bits per heavy atom. The summed E-state index contributed by atoms with van der Waals surface area (Å²) in [6.45, 7) is 11.7. The van der Waals surface area contributed by atoms with Crippen LogP contribution in [-0.4, -0.2) is 49.7 Å². The van der Waals surface area contributed by atoms with E-state index in [1.165, 1.54) is 60.2 Å². The van der Waals surface area contributed by atoms with Gasteiger partial charge in [-0.15, -0.1) is 0 Å². The molecule has 0 bridgehead atoms. The lowest BCUT2D eigenvalue weighted by molar-refractivity contribution is -0.172. The Kier molecular flexibility index (Phi) is 7.92. The number of carbonyl (C=O) groups excluding carboxylic acids is 2. The van der Waals surface area contributed by atoms with Crippen LogP contribution in [0.5, 0.6) is 0 Å². The molecule has 0 atom stereocenters. The molecule has 5 nitrogen and oxygen atoms in total. The highest BCUT2D eigenvalue weighted by Crippen LogP contribution is 2.49. The second kappa shape index (κ2) is 10.9. The predicted octanol–water partition coefficient (Wildman–Crippen LogP) is 5.60. The van der Waals surface area contributed by atoms with E-state index in [1.807, 2.05) is 0 Å². The molecule has 1 fully saturated rings. The van der Waals surface area contributed by atoms with Gasteiger partial charge in [0.25, 0.3) is 0 Å². The van der Waals surface area contributed by atoms with E-state index in [-0.39, 0.29) is 13.2 Å². The molecule has 0 unspecified atom stereocenters. The predicted molar refractivity (Wildman–Crippen MR) is 134 cm³/mol. The van der Waals surface area contributed by atoms with Crippen molar-refractivity contribution in [2.75, 3.05) is 32.8 Å². The van der Waals surface area contributed by atoms with Gasteiger partial charge in [0.1, 0.15) is 0 Å². The van der Waals surface area contributed by atoms with Gasteiger partial charge in [-0.05, 0) is 105 Å². The number of piperidine rings is 1. The van der Waals surface area contributed by atoms with Gasteiger partial charge in [0.2, 0.25) is 0 Å². The summed E-state index contributed by atoms with van der Waals surface area (Å²) in [7, 11) is 0. The van der Waals surface area contributed by atoms with E-state index < -0.39 is 17.4 Å². The van der Waals surface area contributed by atoms with Crippen molar-refractivity contribution in [1.82, 2.24) is 4.90 Å². The highest BCUT2D eigenvalue weighted by molar-refractivity contribution is 6.01. The first-order valence-electron chi connectivity index (χ1n) is 13.0. The first-order chi connectivity index (χ1) is 16.5. The average molecular weight is 466 g/mol. The molecule has 3 aliphatic carbocycles. The van der Waals surface area contributed by atoms with E-state index in [9.17, 15) is 9.59 Å². The van der Waals surface area contributed by atoms with E-state index in [2.05, 4.69) is 29.7 Å². The molecule has 0 N–H and O–H groups in total. The molecular formula is C29H39NO4. The lowest BCUT2D eigenvalue weighted by Gasteiger charge is -2.38. The number of ether oxygens (including phenoxy) is 2. The number of carbonyl (C=O) groups is 2. The van der Waals surface area contributed by atoms with E-state index in [1.54, 1.807) is 13.8 Å². The Bertz CT molecular complexity index is 941. The molecule has 0 aromatic heterocycles. The minimum atomic E-state index is -1.26. The number of allylic oxidation sites excluding steroid dienone is 7. The van der Waals surface area contributed by atoms with Crippen LogP contribution in [0.3, 0.4) is 0 Å². The van der Waals surface area contributed by atoms with Crippen molar-refractivity contribution in [3.8, 4) is 0 Å². The number of hydrogen-bond donors (Lipinski definition) is 0. The fourth-order valence-corrected chi connectivity index (χ4v) is 5.87. The summed E-state index contributed by atoms with van der Waals surface area (Å²) < 4.78 is 10.7. The normalized spacial score (nSPS) is 23.4. The van der Waals surface area contributed by atoms with Crippen LogP contribution in [0.25, 0.3) is 0 Å². The molecule has 1 aliphatic heterocycles. The zero-order valence-corrected chi connectivity index (χ0v) is 20.9. The Balaban J connectivity index is 1.57. The van der Waals surface area contributed by atoms with Crippen LogP contribution < -0.4 is 0 Å². The van der Waals surface area contributed by atoms with Gasteiger partial charge < -0.3 is 9.47 Å². The van der Waals surface area contributed by atoms with Gasteiger partial charge in [-0.2, -0.15) is 0 Å². The van der Waals surface area contributed by atoms with Crippen LogP contribution in [0.2, 0.25) is 0 Å². The first-order valence-corrected chi connectivity index (χ1v) is 13.0. The van der Waals surface area contributed by atoms with Crippen molar-refractivity contribution in [1.29, 1.82) is 0 Å². The molecule has 184 valence electrons. The van der Waals surface area contributed by atoms with Crippen LogP contribution in [0, 0.1) is 5.41 Å². The largest absolute Gasteiger partial charge is 0.465 e. The van der Waals surface area contributed by atoms with Gasteiger partial charge in [0.15, 0.2) is 5.41 Å². The number of rotatable bonds is 7. The van der Waals surface area contributed by atoms with Crippen LogP contribution >= 0.6 is 0 Å². The molecule has 34 heavy (non-hydrogen) atoms. The molecule has 0 spiro atoms. The van der Waals surface area contributed by atoms with Crippen LogP contribution in [0.15, 0.2) is 58.2 Å². The van der Waals surface area contributed by atoms with Gasteiger partial charge in [-0.3, -0.25) is 14.5 Å². The van der Waals surface area contributed by atoms with Crippen LogP contribution in [0.1, 0.15) is 71.6 Å². The lowest BCUT2D eigenvalue weighted by Crippen LogP contribution is -2.44. The summed E-state index contributed by atoms with van der Waals surface area (Å²) in [6.07, 6.45) is 15.2. The molecule has 0 aromatic rings. The van der Waals surface area contributed by atoms with Crippen molar-refractivity contribution in [2.45, 2.75) is 71.6 Å². The van der Waals surface area contributed by atoms with E-state index in [0.29, 0.717) is 12.8 Å². The minimum absolute atomic E-state index is 0.253. The quantitative estimate of drug-likeness (QED) is 0.362. The van der Waals surface area contributed by atoms with Crippen molar-refractivity contribution < 1.29 is 19.1 Å². The second-order valence-corrected chi connectivity index (χ2v) is 9.97. The maximum atomic E-state index is 13.0. The maximum absolute atomic E-state index is 13.0. The smallest absolute Gasteiger partial charge is 0.324 e. The molecule has 5 heteroatoms. The Morgan fingerprint density at radius 1 is 0.971 bits per heavy atom. The molecule has 1 saturated heterocycles. The topological polar surface area (TPSA) is 55.8 Å². The Hall–Kier alpha value is -2.40. The molecule has 0 saturated carbocycles. The molecule has 0 aromatic carbocycles. The molecule has 0 amide bonds. The standard InChI is InChI=1S/C29H39NO4/c1-4-33-27(31)29(28(32)34-5-2)14-13-23-10-11-24-18-22(9-12-25(24)26(23)19-29)17-21(3)20-30-15-7-6-8-16-30/h13,17-18H,3-12,14-16,19-20H2,1-2H3/b22-17-. The molecule has 0 radical (unpaired) electrons. The Morgan fingerprint density at radius 2 is 1.65 bits per heavy atom. The molecular weight excluding hydrogens is 426 g/mol. The summed E-state index contributed by atoms with van der Waals surface area (Å²) in [4.78, 5) is 28.5. The number of nitrogens with zero attached hydrogens (tertiary/aromatic N) is 1. The minimum Gasteiger partial charge on any atom is -0.465 e. The average Bonchev–Trinajstić information content (AvgIpc) is 2.84. The zero-order valence-electron chi connectivity index (χ0n) is 20.9. The summed E-state index contributed by atoms with van der Waals surface area (Å²) in [5.41, 5.74) is 6.37. The van der Waals surface area contributed by atoms with Gasteiger partial charge in [0.05, 0.1) is 13.2 Å². The van der Waals surface area contributed by atoms with E-state index in [4.69, 9.17) is 9.47 Å². The monoisotopic (exact) mass is 465 g/mol. The number of hydrogen-bond acceptors (Lipinski definition) is 5. The van der Waals surface area contributed by atoms with Crippen LogP contribution in [0.4, 0.5) is 0 Å². The number of fused-ring (bicyclic) bond motifs is 2.